The number of rotatable bonds is 2. The number of likely N-dealkylation sites (tertiary alicyclic amines) is 1. The molecule has 24 heavy (non-hydrogen) atoms. The standard InChI is InChI=1S/C17H24FN3O3/c1-17(2,3)24-16(23)21-8-4-5-11(10-21)15(22)20-14-9-12(18)6-7-13(14)19/h6-7,9,11H,4-5,8,10,19H2,1-3H3,(H,20,22). The highest BCUT2D eigenvalue weighted by molar-refractivity contribution is 5.95. The topological polar surface area (TPSA) is 84.7 Å². The first-order chi connectivity index (χ1) is 11.2. The Kier molecular flexibility index (Phi) is 5.31. The molecule has 0 aromatic heterocycles. The van der Waals surface area contributed by atoms with Crippen LogP contribution in [0.2, 0.25) is 0 Å². The van der Waals surface area contributed by atoms with E-state index in [4.69, 9.17) is 10.5 Å². The van der Waals surface area contributed by atoms with Crippen LogP contribution in [0.3, 0.4) is 0 Å². The minimum absolute atomic E-state index is 0.245. The number of carbonyl (C=O) groups is 2. The second kappa shape index (κ2) is 7.07. The molecule has 1 saturated heterocycles. The summed E-state index contributed by atoms with van der Waals surface area (Å²) < 4.78 is 18.6. The van der Waals surface area contributed by atoms with Gasteiger partial charge in [-0.2, -0.15) is 0 Å². The van der Waals surface area contributed by atoms with Crippen LogP contribution < -0.4 is 11.1 Å². The van der Waals surface area contributed by atoms with E-state index in [0.29, 0.717) is 25.1 Å². The zero-order chi connectivity index (χ0) is 17.9. The van der Waals surface area contributed by atoms with E-state index in [1.807, 2.05) is 0 Å². The molecule has 1 unspecified atom stereocenters. The molecular weight excluding hydrogens is 313 g/mol. The van der Waals surface area contributed by atoms with E-state index in [9.17, 15) is 14.0 Å². The number of nitrogens with two attached hydrogens (primary N) is 1. The minimum atomic E-state index is -0.581. The first-order valence-electron chi connectivity index (χ1n) is 7.99. The lowest BCUT2D eigenvalue weighted by Gasteiger charge is -2.33. The monoisotopic (exact) mass is 337 g/mol. The van der Waals surface area contributed by atoms with Crippen LogP contribution in [0.15, 0.2) is 18.2 Å². The van der Waals surface area contributed by atoms with Crippen LogP contribution in [0.4, 0.5) is 20.6 Å². The van der Waals surface area contributed by atoms with Gasteiger partial charge in [0.1, 0.15) is 11.4 Å². The van der Waals surface area contributed by atoms with Gasteiger partial charge in [-0.05, 0) is 51.8 Å². The zero-order valence-electron chi connectivity index (χ0n) is 14.3. The molecule has 1 fully saturated rings. The van der Waals surface area contributed by atoms with Crippen LogP contribution in [-0.4, -0.2) is 35.6 Å². The van der Waals surface area contributed by atoms with E-state index in [1.165, 1.54) is 23.1 Å². The number of nitrogens with zero attached hydrogens (tertiary/aromatic N) is 1. The fraction of sp³-hybridized carbons (Fsp3) is 0.529. The summed E-state index contributed by atoms with van der Waals surface area (Å²) >= 11 is 0. The molecule has 3 N–H and O–H groups in total. The number of hydrogen-bond donors (Lipinski definition) is 2. The van der Waals surface area contributed by atoms with E-state index in [-0.39, 0.29) is 24.1 Å². The number of anilines is 2. The van der Waals surface area contributed by atoms with Crippen LogP contribution in [0.1, 0.15) is 33.6 Å². The summed E-state index contributed by atoms with van der Waals surface area (Å²) in [7, 11) is 0. The fourth-order valence-electron chi connectivity index (χ4n) is 2.56. The van der Waals surface area contributed by atoms with Crippen molar-refractivity contribution in [2.45, 2.75) is 39.2 Å². The molecule has 2 rings (SSSR count). The number of piperidine rings is 1. The molecule has 7 heteroatoms. The second-order valence-electron chi connectivity index (χ2n) is 6.99. The van der Waals surface area contributed by atoms with Crippen molar-refractivity contribution < 1.29 is 18.7 Å². The molecule has 0 bridgehead atoms. The third kappa shape index (κ3) is 4.84. The maximum absolute atomic E-state index is 13.3. The molecule has 1 atom stereocenters. The smallest absolute Gasteiger partial charge is 0.410 e. The van der Waals surface area contributed by atoms with Crippen molar-refractivity contribution in [3.63, 3.8) is 0 Å². The van der Waals surface area contributed by atoms with Gasteiger partial charge >= 0.3 is 6.09 Å². The quantitative estimate of drug-likeness (QED) is 0.813. The van der Waals surface area contributed by atoms with Crippen molar-refractivity contribution in [2.24, 2.45) is 5.92 Å². The van der Waals surface area contributed by atoms with Crippen LogP contribution in [0.25, 0.3) is 0 Å². The molecule has 0 spiro atoms. The number of ether oxygens (including phenoxy) is 1. The van der Waals surface area contributed by atoms with Gasteiger partial charge < -0.3 is 20.7 Å². The van der Waals surface area contributed by atoms with Crippen LogP contribution in [-0.2, 0) is 9.53 Å². The summed E-state index contributed by atoms with van der Waals surface area (Å²) in [5.41, 5.74) is 5.71. The molecule has 0 radical (unpaired) electrons. The molecule has 1 heterocycles. The van der Waals surface area contributed by atoms with E-state index in [1.54, 1.807) is 20.8 Å². The Bertz CT molecular complexity index is 628. The molecule has 132 valence electrons. The highest BCUT2D eigenvalue weighted by atomic mass is 19.1. The Hall–Kier alpha value is -2.31. The lowest BCUT2D eigenvalue weighted by atomic mass is 9.97. The van der Waals surface area contributed by atoms with Gasteiger partial charge in [0, 0.05) is 13.1 Å². The number of nitrogens with one attached hydrogen (secondary N) is 1. The lowest BCUT2D eigenvalue weighted by Crippen LogP contribution is -2.45. The molecule has 1 aromatic rings. The van der Waals surface area contributed by atoms with Gasteiger partial charge in [-0.15, -0.1) is 0 Å². The summed E-state index contributed by atoms with van der Waals surface area (Å²) in [6, 6.07) is 3.82. The first kappa shape index (κ1) is 18.0. The largest absolute Gasteiger partial charge is 0.444 e. The summed E-state index contributed by atoms with van der Waals surface area (Å²) in [5.74, 6) is -1.13. The van der Waals surface area contributed by atoms with Crippen molar-refractivity contribution in [3.05, 3.63) is 24.0 Å². The fourth-order valence-corrected chi connectivity index (χ4v) is 2.56. The third-order valence-electron chi connectivity index (χ3n) is 3.72. The van der Waals surface area contributed by atoms with Gasteiger partial charge in [-0.3, -0.25) is 4.79 Å². The van der Waals surface area contributed by atoms with Gasteiger partial charge in [0.25, 0.3) is 0 Å². The number of amides is 2. The van der Waals surface area contributed by atoms with Crippen LogP contribution in [0, 0.1) is 11.7 Å². The van der Waals surface area contributed by atoms with Gasteiger partial charge in [-0.25, -0.2) is 9.18 Å². The molecule has 0 aliphatic carbocycles. The van der Waals surface area contributed by atoms with Gasteiger partial charge in [0.05, 0.1) is 17.3 Å². The Balaban J connectivity index is 2.00. The van der Waals surface area contributed by atoms with Crippen molar-refractivity contribution in [2.75, 3.05) is 24.1 Å². The first-order valence-corrected chi connectivity index (χ1v) is 7.99. The molecule has 0 saturated carbocycles. The molecule has 1 aromatic carbocycles. The minimum Gasteiger partial charge on any atom is -0.444 e. The van der Waals surface area contributed by atoms with Crippen molar-refractivity contribution in [3.8, 4) is 0 Å². The number of nitrogen functional groups attached to an aromatic ring is 1. The Labute approximate surface area is 141 Å². The zero-order valence-corrected chi connectivity index (χ0v) is 14.3. The van der Waals surface area contributed by atoms with Gasteiger partial charge in [0.2, 0.25) is 5.91 Å². The predicted octanol–water partition coefficient (Wildman–Crippen LogP) is 2.99. The lowest BCUT2D eigenvalue weighted by molar-refractivity contribution is -0.121. The van der Waals surface area contributed by atoms with E-state index in [0.717, 1.165) is 0 Å². The maximum Gasteiger partial charge on any atom is 0.410 e. The average molecular weight is 337 g/mol. The number of benzene rings is 1. The molecular formula is C17H24FN3O3. The normalized spacial score (nSPS) is 18.2. The van der Waals surface area contributed by atoms with Crippen molar-refractivity contribution >= 4 is 23.4 Å². The van der Waals surface area contributed by atoms with E-state index >= 15 is 0 Å². The van der Waals surface area contributed by atoms with E-state index < -0.39 is 17.5 Å². The number of hydrogen-bond acceptors (Lipinski definition) is 4. The Morgan fingerprint density at radius 1 is 1.38 bits per heavy atom. The summed E-state index contributed by atoms with van der Waals surface area (Å²) in [4.78, 5) is 26.1. The average Bonchev–Trinajstić information content (AvgIpc) is 2.49. The van der Waals surface area contributed by atoms with E-state index in [2.05, 4.69) is 5.32 Å². The number of halogens is 1. The van der Waals surface area contributed by atoms with Crippen molar-refractivity contribution in [1.82, 2.24) is 4.90 Å². The van der Waals surface area contributed by atoms with Crippen molar-refractivity contribution in [1.29, 1.82) is 0 Å². The molecule has 6 nitrogen and oxygen atoms in total. The molecule has 1 aliphatic rings. The maximum atomic E-state index is 13.3. The van der Waals surface area contributed by atoms with Gasteiger partial charge in [-0.1, -0.05) is 0 Å². The summed E-state index contributed by atoms with van der Waals surface area (Å²) in [5, 5.41) is 2.65. The summed E-state index contributed by atoms with van der Waals surface area (Å²) in [6.07, 6.45) is 0.932. The third-order valence-corrected chi connectivity index (χ3v) is 3.72. The predicted molar refractivity (Wildman–Crippen MR) is 90.0 cm³/mol. The Morgan fingerprint density at radius 3 is 2.75 bits per heavy atom. The molecule has 1 aliphatic heterocycles. The number of carbonyl (C=O) groups excluding carboxylic acids is 2. The SMILES string of the molecule is CC(C)(C)OC(=O)N1CCCC(C(=O)Nc2cc(F)ccc2N)C1. The highest BCUT2D eigenvalue weighted by Gasteiger charge is 2.31. The Morgan fingerprint density at radius 2 is 2.08 bits per heavy atom. The van der Waals surface area contributed by atoms with Gasteiger partial charge in [0.15, 0.2) is 0 Å². The second-order valence-corrected chi connectivity index (χ2v) is 6.99. The van der Waals surface area contributed by atoms with Crippen LogP contribution >= 0.6 is 0 Å². The molecule has 2 amide bonds. The summed E-state index contributed by atoms with van der Waals surface area (Å²) in [6.45, 7) is 6.22. The highest BCUT2D eigenvalue weighted by Crippen LogP contribution is 2.24. The van der Waals surface area contributed by atoms with Crippen LogP contribution in [0.5, 0.6) is 0 Å².